The van der Waals surface area contributed by atoms with Gasteiger partial charge in [-0.2, -0.15) is 0 Å². The highest BCUT2D eigenvalue weighted by atomic mass is 16.1. The van der Waals surface area contributed by atoms with Gasteiger partial charge in [-0.3, -0.25) is 4.79 Å². The third-order valence-corrected chi connectivity index (χ3v) is 3.55. The normalized spacial score (nSPS) is 10.9. The average Bonchev–Trinajstić information content (AvgIpc) is 2.70. The zero-order chi connectivity index (χ0) is 13.3. The lowest BCUT2D eigenvalue weighted by atomic mass is 10.1. The fourth-order valence-corrected chi connectivity index (χ4v) is 2.53. The Morgan fingerprint density at radius 3 is 2.61 bits per heavy atom. The quantitative estimate of drug-likeness (QED) is 0.885. The Morgan fingerprint density at radius 2 is 2.06 bits per heavy atom. The van der Waals surface area contributed by atoms with Gasteiger partial charge in [-0.05, 0) is 43.5 Å². The molecule has 0 atom stereocenters. The van der Waals surface area contributed by atoms with Gasteiger partial charge in [0.1, 0.15) is 5.69 Å². The number of benzene rings is 1. The van der Waals surface area contributed by atoms with Crippen LogP contribution in [-0.4, -0.2) is 17.5 Å². The minimum absolute atomic E-state index is 0.0106. The molecule has 1 N–H and O–H groups in total. The summed E-state index contributed by atoms with van der Waals surface area (Å²) in [4.78, 5) is 12.0. The summed E-state index contributed by atoms with van der Waals surface area (Å²) in [6.07, 6.45) is 1.02. The molecule has 0 saturated heterocycles. The molecule has 18 heavy (non-hydrogen) atoms. The molecule has 2 rings (SSSR count). The van der Waals surface area contributed by atoms with Crippen molar-refractivity contribution in [3.05, 3.63) is 35.0 Å². The fraction of sp³-hybridized carbons (Fsp3) is 0.400. The lowest BCUT2D eigenvalue weighted by Gasteiger charge is -2.07. The maximum Gasteiger partial charge on any atom is 0.267 e. The lowest BCUT2D eigenvalue weighted by molar-refractivity contribution is 0.0954. The third kappa shape index (κ3) is 1.80. The molecular formula is C15H20N2O. The summed E-state index contributed by atoms with van der Waals surface area (Å²) in [6, 6.07) is 6.46. The average molecular weight is 244 g/mol. The maximum atomic E-state index is 12.0. The summed E-state index contributed by atoms with van der Waals surface area (Å²) in [5.74, 6) is -0.0106. The van der Waals surface area contributed by atoms with Crippen LogP contribution in [-0.2, 0) is 13.0 Å². The molecule has 0 bridgehead atoms. The summed E-state index contributed by atoms with van der Waals surface area (Å²) >= 11 is 0. The minimum Gasteiger partial charge on any atom is -0.354 e. The van der Waals surface area contributed by atoms with Crippen molar-refractivity contribution >= 4 is 16.8 Å². The molecule has 0 saturated carbocycles. The first-order valence-corrected chi connectivity index (χ1v) is 6.47. The molecule has 0 aliphatic rings. The van der Waals surface area contributed by atoms with E-state index in [4.69, 9.17) is 0 Å². The Kier molecular flexibility index (Phi) is 3.41. The fourth-order valence-electron chi connectivity index (χ4n) is 2.53. The van der Waals surface area contributed by atoms with E-state index in [1.54, 1.807) is 7.05 Å². The standard InChI is InChI=1S/C15H20N2O/c1-5-11-7-8-13-12(9-11)10(3)14(15(18)16-4)17(13)6-2/h7-9H,5-6H2,1-4H3,(H,16,18). The first-order chi connectivity index (χ1) is 8.63. The second-order valence-electron chi connectivity index (χ2n) is 4.50. The Labute approximate surface area is 108 Å². The zero-order valence-electron chi connectivity index (χ0n) is 11.5. The molecule has 3 heteroatoms. The van der Waals surface area contributed by atoms with Gasteiger partial charge in [0, 0.05) is 24.5 Å². The van der Waals surface area contributed by atoms with E-state index < -0.39 is 0 Å². The molecule has 1 aromatic heterocycles. The Bertz CT molecular complexity index is 596. The number of fused-ring (bicyclic) bond motifs is 1. The number of rotatable bonds is 3. The van der Waals surface area contributed by atoms with Gasteiger partial charge in [-0.1, -0.05) is 13.0 Å². The highest BCUT2D eigenvalue weighted by Crippen LogP contribution is 2.27. The SMILES string of the molecule is CCc1ccc2c(c1)c(C)c(C(=O)NC)n2CC. The summed E-state index contributed by atoms with van der Waals surface area (Å²) in [7, 11) is 1.68. The molecule has 2 aromatic rings. The van der Waals surface area contributed by atoms with Crippen LogP contribution in [0, 0.1) is 6.92 Å². The first kappa shape index (κ1) is 12.7. The van der Waals surface area contributed by atoms with Crippen LogP contribution in [0.5, 0.6) is 0 Å². The van der Waals surface area contributed by atoms with Gasteiger partial charge in [-0.25, -0.2) is 0 Å². The van der Waals surface area contributed by atoms with Crippen LogP contribution in [0.1, 0.15) is 35.5 Å². The van der Waals surface area contributed by atoms with Crippen molar-refractivity contribution in [2.75, 3.05) is 7.05 Å². The second kappa shape index (κ2) is 4.84. The molecule has 1 heterocycles. The second-order valence-corrected chi connectivity index (χ2v) is 4.50. The van der Waals surface area contributed by atoms with Gasteiger partial charge in [0.05, 0.1) is 0 Å². The van der Waals surface area contributed by atoms with Crippen molar-refractivity contribution < 1.29 is 4.79 Å². The number of hydrogen-bond donors (Lipinski definition) is 1. The number of aryl methyl sites for hydroxylation is 3. The topological polar surface area (TPSA) is 34.0 Å². The molecule has 96 valence electrons. The van der Waals surface area contributed by atoms with Crippen molar-refractivity contribution in [2.45, 2.75) is 33.7 Å². The number of nitrogens with zero attached hydrogens (tertiary/aromatic N) is 1. The first-order valence-electron chi connectivity index (χ1n) is 6.47. The molecule has 3 nitrogen and oxygen atoms in total. The molecule has 1 aromatic carbocycles. The highest BCUT2D eigenvalue weighted by Gasteiger charge is 2.18. The molecular weight excluding hydrogens is 224 g/mol. The van der Waals surface area contributed by atoms with E-state index in [-0.39, 0.29) is 5.91 Å². The minimum atomic E-state index is -0.0106. The predicted octanol–water partition coefficient (Wildman–Crippen LogP) is 2.89. The van der Waals surface area contributed by atoms with E-state index in [0.29, 0.717) is 0 Å². The van der Waals surface area contributed by atoms with Crippen LogP contribution in [0.2, 0.25) is 0 Å². The van der Waals surface area contributed by atoms with Gasteiger partial charge in [-0.15, -0.1) is 0 Å². The monoisotopic (exact) mass is 244 g/mol. The van der Waals surface area contributed by atoms with Gasteiger partial charge in [0.25, 0.3) is 5.91 Å². The summed E-state index contributed by atoms with van der Waals surface area (Å²) < 4.78 is 2.09. The van der Waals surface area contributed by atoms with Crippen LogP contribution in [0.25, 0.3) is 10.9 Å². The molecule has 0 fully saturated rings. The van der Waals surface area contributed by atoms with Crippen molar-refractivity contribution in [2.24, 2.45) is 0 Å². The van der Waals surface area contributed by atoms with E-state index >= 15 is 0 Å². The van der Waals surface area contributed by atoms with Crippen molar-refractivity contribution in [1.29, 1.82) is 0 Å². The van der Waals surface area contributed by atoms with Crippen molar-refractivity contribution in [3.63, 3.8) is 0 Å². The molecule has 0 unspecified atom stereocenters. The molecule has 0 spiro atoms. The van der Waals surface area contributed by atoms with E-state index in [2.05, 4.69) is 41.9 Å². The van der Waals surface area contributed by atoms with E-state index in [9.17, 15) is 4.79 Å². The smallest absolute Gasteiger partial charge is 0.267 e. The Balaban J connectivity index is 2.78. The van der Waals surface area contributed by atoms with Gasteiger partial charge in [0.2, 0.25) is 0 Å². The predicted molar refractivity (Wildman–Crippen MR) is 75.1 cm³/mol. The summed E-state index contributed by atoms with van der Waals surface area (Å²) in [5, 5.41) is 3.92. The molecule has 0 radical (unpaired) electrons. The zero-order valence-corrected chi connectivity index (χ0v) is 11.5. The van der Waals surface area contributed by atoms with Gasteiger partial charge >= 0.3 is 0 Å². The molecule has 1 amide bonds. The van der Waals surface area contributed by atoms with Crippen LogP contribution in [0.3, 0.4) is 0 Å². The highest BCUT2D eigenvalue weighted by molar-refractivity contribution is 6.01. The van der Waals surface area contributed by atoms with Crippen LogP contribution in [0.15, 0.2) is 18.2 Å². The van der Waals surface area contributed by atoms with Crippen molar-refractivity contribution in [3.8, 4) is 0 Å². The summed E-state index contributed by atoms with van der Waals surface area (Å²) in [6.45, 7) is 7.04. The van der Waals surface area contributed by atoms with Crippen LogP contribution in [0.4, 0.5) is 0 Å². The number of hydrogen-bond acceptors (Lipinski definition) is 1. The van der Waals surface area contributed by atoms with Crippen LogP contribution >= 0.6 is 0 Å². The molecule has 0 aliphatic heterocycles. The number of carbonyl (C=O) groups is 1. The number of aromatic nitrogens is 1. The lowest BCUT2D eigenvalue weighted by Crippen LogP contribution is -2.22. The van der Waals surface area contributed by atoms with Gasteiger partial charge in [0.15, 0.2) is 0 Å². The third-order valence-electron chi connectivity index (χ3n) is 3.55. The van der Waals surface area contributed by atoms with Gasteiger partial charge < -0.3 is 9.88 Å². The Hall–Kier alpha value is -1.77. The van der Waals surface area contributed by atoms with E-state index in [1.165, 1.54) is 10.9 Å². The van der Waals surface area contributed by atoms with Crippen LogP contribution < -0.4 is 5.32 Å². The van der Waals surface area contributed by atoms with Crippen molar-refractivity contribution in [1.82, 2.24) is 9.88 Å². The number of carbonyl (C=O) groups excluding carboxylic acids is 1. The maximum absolute atomic E-state index is 12.0. The van der Waals surface area contributed by atoms with E-state index in [0.717, 1.165) is 29.7 Å². The molecule has 0 aliphatic carbocycles. The summed E-state index contributed by atoms with van der Waals surface area (Å²) in [5.41, 5.74) is 4.30. The number of amides is 1. The number of nitrogens with one attached hydrogen (secondary N) is 1. The Morgan fingerprint density at radius 1 is 1.33 bits per heavy atom. The van der Waals surface area contributed by atoms with E-state index in [1.807, 2.05) is 6.92 Å². The largest absolute Gasteiger partial charge is 0.354 e.